The lowest BCUT2D eigenvalue weighted by molar-refractivity contribution is 0.349. The summed E-state index contributed by atoms with van der Waals surface area (Å²) in [6.45, 7) is 3.95. The van der Waals surface area contributed by atoms with Gasteiger partial charge in [-0.15, -0.1) is 0 Å². The Morgan fingerprint density at radius 2 is 2.07 bits per heavy atom. The first-order valence-electron chi connectivity index (χ1n) is 7.90. The van der Waals surface area contributed by atoms with Crippen LogP contribution in [0, 0.1) is 0 Å². The van der Waals surface area contributed by atoms with E-state index in [1.54, 1.807) is 7.05 Å². The molecule has 8 nitrogen and oxygen atoms in total. The molecule has 2 rings (SSSR count). The van der Waals surface area contributed by atoms with Crippen LogP contribution in [0.25, 0.3) is 0 Å². The quantitative estimate of drug-likeness (QED) is 0.629. The van der Waals surface area contributed by atoms with Crippen molar-refractivity contribution in [2.75, 3.05) is 18.4 Å². The molecule has 0 bridgehead atoms. The predicted molar refractivity (Wildman–Crippen MR) is 109 cm³/mol. The Kier molecular flexibility index (Phi) is 7.22. The van der Waals surface area contributed by atoms with Crippen LogP contribution >= 0.6 is 23.2 Å². The van der Waals surface area contributed by atoms with Crippen molar-refractivity contribution in [1.29, 1.82) is 0 Å². The fourth-order valence-corrected chi connectivity index (χ4v) is 3.80. The van der Waals surface area contributed by atoms with Gasteiger partial charge in [-0.2, -0.15) is 4.98 Å². The van der Waals surface area contributed by atoms with E-state index in [1.165, 1.54) is 24.4 Å². The number of anilines is 1. The molecule has 28 heavy (non-hydrogen) atoms. The maximum atomic E-state index is 12.5. The molecular weight excluding hydrogens is 427 g/mol. The first-order valence-corrected chi connectivity index (χ1v) is 10.1. The van der Waals surface area contributed by atoms with E-state index in [9.17, 15) is 13.5 Å². The van der Waals surface area contributed by atoms with Crippen LogP contribution < -0.4 is 9.46 Å². The highest BCUT2D eigenvalue weighted by Gasteiger charge is 2.22. The van der Waals surface area contributed by atoms with Crippen LogP contribution in [0.2, 0.25) is 10.0 Å². The molecule has 0 saturated heterocycles. The monoisotopic (exact) mass is 444 g/mol. The summed E-state index contributed by atoms with van der Waals surface area (Å²) in [7, 11) is -2.52. The number of aromatic nitrogens is 2. The molecule has 0 aliphatic carbocycles. The zero-order valence-electron chi connectivity index (χ0n) is 15.3. The summed E-state index contributed by atoms with van der Waals surface area (Å²) < 4.78 is 32.5. The lowest BCUT2D eigenvalue weighted by Gasteiger charge is -2.11. The Hall–Kier alpha value is -2.36. The number of hydrogen-bond donors (Lipinski definition) is 2. The third-order valence-corrected chi connectivity index (χ3v) is 5.59. The van der Waals surface area contributed by atoms with Crippen molar-refractivity contribution in [2.24, 2.45) is 4.99 Å². The summed E-state index contributed by atoms with van der Waals surface area (Å²) in [5, 5.41) is 9.94. The van der Waals surface area contributed by atoms with Gasteiger partial charge in [-0.05, 0) is 32.1 Å². The smallest absolute Gasteiger partial charge is 0.264 e. The molecule has 2 N–H and O–H groups in total. The van der Waals surface area contributed by atoms with Crippen LogP contribution in [0.1, 0.15) is 13.8 Å². The van der Waals surface area contributed by atoms with E-state index in [1.807, 2.05) is 19.9 Å². The van der Waals surface area contributed by atoms with Crippen molar-refractivity contribution in [3.05, 3.63) is 46.1 Å². The lowest BCUT2D eigenvalue weighted by Crippen LogP contribution is -2.15. The van der Waals surface area contributed by atoms with Gasteiger partial charge in [0, 0.05) is 7.05 Å². The van der Waals surface area contributed by atoms with Gasteiger partial charge in [0.15, 0.2) is 0 Å². The molecule has 0 atom stereocenters. The fraction of sp³-hybridized carbons (Fsp3) is 0.235. The standard InChI is InChI=1S/C17H18Cl2N4O4S/c1-10(2)7-11(20-3)9-27-14-8-21-16(17(24)22-14)23-28(25,26)13-6-4-5-12(18)15(13)19/h4-8H,9H2,1-3H3,(H,21,23)(H,22,24)/b20-11+. The van der Waals surface area contributed by atoms with Crippen LogP contribution in [0.5, 0.6) is 11.8 Å². The number of aromatic hydroxyl groups is 1. The average Bonchev–Trinajstić information content (AvgIpc) is 2.62. The number of allylic oxidation sites excluding steroid dienone is 1. The van der Waals surface area contributed by atoms with Gasteiger partial charge in [0.1, 0.15) is 11.5 Å². The number of sulfonamides is 1. The number of rotatable bonds is 7. The second-order valence-electron chi connectivity index (χ2n) is 5.76. The molecule has 2 aromatic rings. The average molecular weight is 445 g/mol. The van der Waals surface area contributed by atoms with Gasteiger partial charge in [-0.3, -0.25) is 9.71 Å². The minimum Gasteiger partial charge on any atom is -0.491 e. The van der Waals surface area contributed by atoms with Crippen molar-refractivity contribution in [1.82, 2.24) is 9.97 Å². The Bertz CT molecular complexity index is 1040. The van der Waals surface area contributed by atoms with E-state index >= 15 is 0 Å². The first-order chi connectivity index (χ1) is 13.1. The summed E-state index contributed by atoms with van der Waals surface area (Å²) in [6.07, 6.45) is 3.01. The molecule has 1 heterocycles. The number of nitrogens with zero attached hydrogens (tertiary/aromatic N) is 3. The number of benzene rings is 1. The number of nitrogens with one attached hydrogen (secondary N) is 1. The van der Waals surface area contributed by atoms with E-state index in [4.69, 9.17) is 27.9 Å². The number of hydrogen-bond acceptors (Lipinski definition) is 7. The molecule has 0 radical (unpaired) electrons. The summed E-state index contributed by atoms with van der Waals surface area (Å²) in [5.41, 5.74) is 1.71. The van der Waals surface area contributed by atoms with Crippen molar-refractivity contribution in [3.8, 4) is 11.8 Å². The Morgan fingerprint density at radius 1 is 1.36 bits per heavy atom. The van der Waals surface area contributed by atoms with E-state index in [2.05, 4.69) is 19.7 Å². The minimum atomic E-state index is -4.14. The van der Waals surface area contributed by atoms with Crippen LogP contribution in [0.15, 0.2) is 45.9 Å². The van der Waals surface area contributed by atoms with Crippen LogP contribution in [-0.2, 0) is 10.0 Å². The molecule has 0 spiro atoms. The van der Waals surface area contributed by atoms with Crippen LogP contribution in [0.3, 0.4) is 0 Å². The molecule has 150 valence electrons. The predicted octanol–water partition coefficient (Wildman–Crippen LogP) is 3.71. The maximum Gasteiger partial charge on any atom is 0.264 e. The van der Waals surface area contributed by atoms with Crippen LogP contribution in [-0.4, -0.2) is 42.9 Å². The normalized spacial score (nSPS) is 11.8. The highest BCUT2D eigenvalue weighted by Crippen LogP contribution is 2.31. The highest BCUT2D eigenvalue weighted by molar-refractivity contribution is 7.92. The Labute approximate surface area is 173 Å². The number of ether oxygens (including phenoxy) is 1. The summed E-state index contributed by atoms with van der Waals surface area (Å²) in [6, 6.07) is 4.16. The van der Waals surface area contributed by atoms with Gasteiger partial charge in [0.25, 0.3) is 15.9 Å². The zero-order chi connectivity index (χ0) is 20.9. The molecule has 1 aromatic heterocycles. The molecular formula is C17H18Cl2N4O4S. The highest BCUT2D eigenvalue weighted by atomic mass is 35.5. The largest absolute Gasteiger partial charge is 0.491 e. The molecule has 0 aliphatic heterocycles. The zero-order valence-corrected chi connectivity index (χ0v) is 17.6. The summed E-state index contributed by atoms with van der Waals surface area (Å²) >= 11 is 11.8. The topological polar surface area (TPSA) is 114 Å². The van der Waals surface area contributed by atoms with Gasteiger partial charge < -0.3 is 9.84 Å². The second-order valence-corrected chi connectivity index (χ2v) is 8.20. The van der Waals surface area contributed by atoms with Crippen molar-refractivity contribution in [2.45, 2.75) is 18.7 Å². The molecule has 11 heteroatoms. The van der Waals surface area contributed by atoms with E-state index in [0.29, 0.717) is 5.71 Å². The molecule has 0 unspecified atom stereocenters. The molecule has 0 amide bonds. The Balaban J connectivity index is 2.18. The van der Waals surface area contributed by atoms with Crippen molar-refractivity contribution in [3.63, 3.8) is 0 Å². The van der Waals surface area contributed by atoms with Crippen molar-refractivity contribution >= 4 is 44.8 Å². The molecule has 0 saturated carbocycles. The van der Waals surface area contributed by atoms with Crippen LogP contribution in [0.4, 0.5) is 5.82 Å². The van der Waals surface area contributed by atoms with Gasteiger partial charge in [-0.25, -0.2) is 13.4 Å². The first kappa shape index (κ1) is 21.9. The summed E-state index contributed by atoms with van der Waals surface area (Å²) in [5.74, 6) is -1.03. The molecule has 0 fully saturated rings. The van der Waals surface area contributed by atoms with E-state index in [0.717, 1.165) is 5.57 Å². The van der Waals surface area contributed by atoms with E-state index < -0.39 is 15.9 Å². The maximum absolute atomic E-state index is 12.5. The number of halogens is 2. The second kappa shape index (κ2) is 9.22. The van der Waals surface area contributed by atoms with Gasteiger partial charge in [0.2, 0.25) is 11.7 Å². The Morgan fingerprint density at radius 3 is 2.68 bits per heavy atom. The third-order valence-electron chi connectivity index (χ3n) is 3.28. The van der Waals surface area contributed by atoms with Gasteiger partial charge in [0.05, 0.1) is 22.0 Å². The van der Waals surface area contributed by atoms with Gasteiger partial charge in [-0.1, -0.05) is 34.8 Å². The lowest BCUT2D eigenvalue weighted by atomic mass is 10.2. The van der Waals surface area contributed by atoms with Crippen molar-refractivity contribution < 1.29 is 18.3 Å². The van der Waals surface area contributed by atoms with Gasteiger partial charge >= 0.3 is 0 Å². The fourth-order valence-electron chi connectivity index (χ4n) is 2.03. The number of aliphatic imine (C=N–C) groups is 1. The summed E-state index contributed by atoms with van der Waals surface area (Å²) in [4.78, 5) is 11.4. The minimum absolute atomic E-state index is 0.00421. The molecule has 0 aliphatic rings. The SMILES string of the molecule is C/N=C(\C=C(C)C)COc1cnc(NS(=O)(=O)c2cccc(Cl)c2Cl)c(O)n1. The molecule has 1 aromatic carbocycles. The van der Waals surface area contributed by atoms with E-state index in [-0.39, 0.29) is 33.2 Å². The third kappa shape index (κ3) is 5.57.